The normalized spacial score (nSPS) is 10.8. The topological polar surface area (TPSA) is 66.1 Å². The van der Waals surface area contributed by atoms with Gasteiger partial charge in [0.15, 0.2) is 0 Å². The summed E-state index contributed by atoms with van der Waals surface area (Å²) < 4.78 is 0. The molecule has 1 N–H and O–H groups in total. The summed E-state index contributed by atoms with van der Waals surface area (Å²) in [5.74, 6) is 0.504. The quantitative estimate of drug-likeness (QED) is 0.764. The molecule has 0 bridgehead atoms. The lowest BCUT2D eigenvalue weighted by molar-refractivity contribution is -0.130. The van der Waals surface area contributed by atoms with E-state index in [-0.39, 0.29) is 17.9 Å². The summed E-state index contributed by atoms with van der Waals surface area (Å²) in [6, 6.07) is 14.6. The molecule has 0 aliphatic carbocycles. The number of rotatable bonds is 5. The van der Waals surface area contributed by atoms with E-state index in [4.69, 9.17) is 11.6 Å². The van der Waals surface area contributed by atoms with E-state index in [2.05, 4.69) is 9.97 Å². The Morgan fingerprint density at radius 1 is 1.20 bits per heavy atom. The van der Waals surface area contributed by atoms with Crippen molar-refractivity contribution in [3.63, 3.8) is 0 Å². The highest BCUT2D eigenvalue weighted by Gasteiger charge is 2.11. The molecule has 0 unspecified atom stereocenters. The van der Waals surface area contributed by atoms with E-state index in [1.807, 2.05) is 24.3 Å². The summed E-state index contributed by atoms with van der Waals surface area (Å²) in [5.41, 5.74) is 1.43. The van der Waals surface area contributed by atoms with Crippen LogP contribution in [0.15, 0.2) is 53.3 Å². The Morgan fingerprint density at radius 2 is 2.00 bits per heavy atom. The number of nitrogens with one attached hydrogen (secondary N) is 1. The summed E-state index contributed by atoms with van der Waals surface area (Å²) in [6.45, 7) is 0.487. The van der Waals surface area contributed by atoms with E-state index >= 15 is 0 Å². The number of aromatic nitrogens is 2. The number of hydrogen-bond acceptors (Lipinski definition) is 3. The monoisotopic (exact) mass is 355 g/mol. The summed E-state index contributed by atoms with van der Waals surface area (Å²) in [6.07, 6.45) is 0.664. The molecule has 3 aromatic rings. The van der Waals surface area contributed by atoms with Gasteiger partial charge >= 0.3 is 0 Å². The standard InChI is InChI=1S/C19H18ClN3O2/c1-23(12-13-5-4-6-14(20)11-13)18(24)10-9-17-21-16-8-3-2-7-15(16)19(25)22-17/h2-8,11H,9-10,12H2,1H3,(H,21,22,25). The first-order chi connectivity index (χ1) is 12.0. The van der Waals surface area contributed by atoms with Gasteiger partial charge in [0.05, 0.1) is 10.9 Å². The van der Waals surface area contributed by atoms with Crippen molar-refractivity contribution in [2.45, 2.75) is 19.4 Å². The fourth-order valence-corrected chi connectivity index (χ4v) is 2.88. The average Bonchev–Trinajstić information content (AvgIpc) is 2.59. The first-order valence-electron chi connectivity index (χ1n) is 7.99. The van der Waals surface area contributed by atoms with Gasteiger partial charge in [0.2, 0.25) is 5.91 Å². The Bertz CT molecular complexity index is 968. The van der Waals surface area contributed by atoms with Crippen LogP contribution in [0, 0.1) is 0 Å². The van der Waals surface area contributed by atoms with Crippen LogP contribution in [0.5, 0.6) is 0 Å². The van der Waals surface area contributed by atoms with Crippen molar-refractivity contribution in [3.8, 4) is 0 Å². The van der Waals surface area contributed by atoms with Crippen molar-refractivity contribution in [1.82, 2.24) is 14.9 Å². The molecular formula is C19H18ClN3O2. The molecule has 2 aromatic carbocycles. The van der Waals surface area contributed by atoms with Crippen LogP contribution in [-0.4, -0.2) is 27.8 Å². The molecule has 25 heavy (non-hydrogen) atoms. The zero-order chi connectivity index (χ0) is 17.8. The molecule has 0 fully saturated rings. The largest absolute Gasteiger partial charge is 0.341 e. The molecular weight excluding hydrogens is 338 g/mol. The Kier molecular flexibility index (Phi) is 5.14. The number of benzene rings is 2. The van der Waals surface area contributed by atoms with Gasteiger partial charge in [-0.05, 0) is 29.8 Å². The third kappa shape index (κ3) is 4.25. The fourth-order valence-electron chi connectivity index (χ4n) is 2.67. The molecule has 0 aliphatic heterocycles. The predicted molar refractivity (Wildman–Crippen MR) is 98.6 cm³/mol. The van der Waals surface area contributed by atoms with Crippen LogP contribution in [0.3, 0.4) is 0 Å². The maximum Gasteiger partial charge on any atom is 0.258 e. The molecule has 1 aromatic heterocycles. The van der Waals surface area contributed by atoms with Crippen LogP contribution < -0.4 is 5.56 Å². The molecule has 0 radical (unpaired) electrons. The van der Waals surface area contributed by atoms with E-state index in [9.17, 15) is 9.59 Å². The van der Waals surface area contributed by atoms with Crippen molar-refractivity contribution in [2.75, 3.05) is 7.05 Å². The first-order valence-corrected chi connectivity index (χ1v) is 8.37. The van der Waals surface area contributed by atoms with Crippen LogP contribution >= 0.6 is 11.6 Å². The number of halogens is 1. The maximum atomic E-state index is 12.3. The van der Waals surface area contributed by atoms with Gasteiger partial charge in [-0.15, -0.1) is 0 Å². The summed E-state index contributed by atoms with van der Waals surface area (Å²) in [4.78, 5) is 33.2. The summed E-state index contributed by atoms with van der Waals surface area (Å²) in [7, 11) is 1.75. The van der Waals surface area contributed by atoms with Crippen LogP contribution in [0.1, 0.15) is 17.8 Å². The molecule has 1 heterocycles. The third-order valence-corrected chi connectivity index (χ3v) is 4.21. The first kappa shape index (κ1) is 17.2. The van der Waals surface area contributed by atoms with Crippen molar-refractivity contribution in [1.29, 1.82) is 0 Å². The molecule has 3 rings (SSSR count). The van der Waals surface area contributed by atoms with Crippen LogP contribution in [-0.2, 0) is 17.8 Å². The number of nitrogens with zero attached hydrogens (tertiary/aromatic N) is 2. The van der Waals surface area contributed by atoms with Crippen molar-refractivity contribution >= 4 is 28.4 Å². The summed E-state index contributed by atoms with van der Waals surface area (Å²) in [5, 5.41) is 1.20. The van der Waals surface area contributed by atoms with Gasteiger partial charge in [0.25, 0.3) is 5.56 Å². The molecule has 0 saturated heterocycles. The molecule has 128 valence electrons. The number of amides is 1. The van der Waals surface area contributed by atoms with Crippen molar-refractivity contribution < 1.29 is 4.79 Å². The summed E-state index contributed by atoms with van der Waals surface area (Å²) >= 11 is 5.97. The average molecular weight is 356 g/mol. The molecule has 0 saturated carbocycles. The van der Waals surface area contributed by atoms with E-state index < -0.39 is 0 Å². The van der Waals surface area contributed by atoms with E-state index in [1.54, 1.807) is 36.2 Å². The van der Waals surface area contributed by atoms with E-state index in [1.165, 1.54) is 0 Å². The molecule has 0 spiro atoms. The van der Waals surface area contributed by atoms with Gasteiger partial charge in [-0.1, -0.05) is 35.9 Å². The van der Waals surface area contributed by atoms with Crippen LogP contribution in [0.2, 0.25) is 5.02 Å². The highest BCUT2D eigenvalue weighted by atomic mass is 35.5. The second-order valence-corrected chi connectivity index (χ2v) is 6.35. The minimum Gasteiger partial charge on any atom is -0.341 e. The zero-order valence-corrected chi connectivity index (χ0v) is 14.6. The predicted octanol–water partition coefficient (Wildman–Crippen LogP) is 3.17. The second kappa shape index (κ2) is 7.49. The van der Waals surface area contributed by atoms with Gasteiger partial charge in [-0.25, -0.2) is 4.98 Å². The Balaban J connectivity index is 1.64. The Labute approximate surface area is 150 Å². The number of H-pyrrole nitrogens is 1. The number of aromatic amines is 1. The van der Waals surface area contributed by atoms with Gasteiger partial charge in [0.1, 0.15) is 5.82 Å². The highest BCUT2D eigenvalue weighted by Crippen LogP contribution is 2.13. The number of para-hydroxylation sites is 1. The number of fused-ring (bicyclic) bond motifs is 1. The molecule has 1 amide bonds. The lowest BCUT2D eigenvalue weighted by atomic mass is 10.2. The minimum absolute atomic E-state index is 0.0178. The SMILES string of the molecule is CN(Cc1cccc(Cl)c1)C(=O)CCc1nc2ccccc2c(=O)[nH]1. The number of carbonyl (C=O) groups is 1. The van der Waals surface area contributed by atoms with Gasteiger partial charge < -0.3 is 9.88 Å². The van der Waals surface area contributed by atoms with Crippen LogP contribution in [0.4, 0.5) is 0 Å². The second-order valence-electron chi connectivity index (χ2n) is 5.91. The Hall–Kier alpha value is -2.66. The number of aryl methyl sites for hydroxylation is 1. The smallest absolute Gasteiger partial charge is 0.258 e. The molecule has 0 atom stereocenters. The molecule has 0 aliphatic rings. The third-order valence-electron chi connectivity index (χ3n) is 3.97. The van der Waals surface area contributed by atoms with E-state index in [0.717, 1.165) is 5.56 Å². The van der Waals surface area contributed by atoms with Crippen molar-refractivity contribution in [3.05, 3.63) is 75.3 Å². The maximum absolute atomic E-state index is 12.3. The lowest BCUT2D eigenvalue weighted by Gasteiger charge is -2.17. The van der Waals surface area contributed by atoms with E-state index in [0.29, 0.717) is 34.7 Å². The minimum atomic E-state index is -0.180. The van der Waals surface area contributed by atoms with Gasteiger partial charge in [-0.2, -0.15) is 0 Å². The number of carbonyl (C=O) groups excluding carboxylic acids is 1. The number of hydrogen-bond donors (Lipinski definition) is 1. The molecule has 6 heteroatoms. The Morgan fingerprint density at radius 3 is 2.80 bits per heavy atom. The van der Waals surface area contributed by atoms with Crippen molar-refractivity contribution in [2.24, 2.45) is 0 Å². The van der Waals surface area contributed by atoms with Crippen LogP contribution in [0.25, 0.3) is 10.9 Å². The molecule has 5 nitrogen and oxygen atoms in total. The highest BCUT2D eigenvalue weighted by molar-refractivity contribution is 6.30. The fraction of sp³-hybridized carbons (Fsp3) is 0.211. The van der Waals surface area contributed by atoms with Gasteiger partial charge in [-0.3, -0.25) is 9.59 Å². The zero-order valence-electron chi connectivity index (χ0n) is 13.8. The lowest BCUT2D eigenvalue weighted by Crippen LogP contribution is -2.26. The van der Waals surface area contributed by atoms with Gasteiger partial charge in [0, 0.05) is 31.5 Å².